The van der Waals surface area contributed by atoms with Crippen LogP contribution in [0.25, 0.3) is 0 Å². The highest BCUT2D eigenvalue weighted by Crippen LogP contribution is 2.32. The molecule has 0 radical (unpaired) electrons. The lowest BCUT2D eigenvalue weighted by atomic mass is 9.76. The van der Waals surface area contributed by atoms with Gasteiger partial charge in [-0.05, 0) is 19.3 Å². The minimum Gasteiger partial charge on any atom is -0.466 e. The molecule has 78 valence electrons. The number of ether oxygens (including phenoxy) is 1. The topological polar surface area (TPSA) is 46.5 Å². The molecule has 0 amide bonds. The molecule has 0 aromatic rings. The van der Waals surface area contributed by atoms with Crippen LogP contribution >= 0.6 is 0 Å². The van der Waals surface area contributed by atoms with Gasteiger partial charge in [-0.15, -0.1) is 0 Å². The number of carbonyl (C=O) groups excluding carboxylic acids is 1. The van der Waals surface area contributed by atoms with Crippen molar-refractivity contribution < 1.29 is 14.6 Å². The Bertz CT molecular complexity index is 177. The van der Waals surface area contributed by atoms with E-state index in [4.69, 9.17) is 4.74 Å². The molecule has 1 unspecified atom stereocenters. The van der Waals surface area contributed by atoms with Crippen molar-refractivity contribution in [3.05, 3.63) is 0 Å². The molecule has 3 heteroatoms. The summed E-state index contributed by atoms with van der Waals surface area (Å²) in [5.74, 6) is -0.345. The van der Waals surface area contributed by atoms with Crippen LogP contribution in [0.2, 0.25) is 0 Å². The van der Waals surface area contributed by atoms with Gasteiger partial charge in [-0.25, -0.2) is 0 Å². The second-order valence-corrected chi connectivity index (χ2v) is 4.51. The summed E-state index contributed by atoms with van der Waals surface area (Å²) in [6.07, 6.45) is 0.0460. The zero-order chi connectivity index (χ0) is 10.7. The third-order valence-electron chi connectivity index (χ3n) is 2.41. The highest BCUT2D eigenvalue weighted by molar-refractivity contribution is 5.70. The van der Waals surface area contributed by atoms with E-state index in [0.29, 0.717) is 6.61 Å². The van der Waals surface area contributed by atoms with Crippen LogP contribution in [0.3, 0.4) is 0 Å². The maximum absolute atomic E-state index is 11.1. The van der Waals surface area contributed by atoms with Gasteiger partial charge in [-0.3, -0.25) is 4.79 Å². The molecule has 13 heavy (non-hydrogen) atoms. The summed E-state index contributed by atoms with van der Waals surface area (Å²) in [5, 5.41) is 9.95. The van der Waals surface area contributed by atoms with E-state index in [1.54, 1.807) is 13.8 Å². The number of carbonyl (C=O) groups is 1. The van der Waals surface area contributed by atoms with E-state index in [-0.39, 0.29) is 17.8 Å². The number of rotatable bonds is 3. The first-order chi connectivity index (χ1) is 5.70. The van der Waals surface area contributed by atoms with Crippen LogP contribution in [0.1, 0.15) is 41.0 Å². The SMILES string of the molecule is CCOC(=O)CC(C)(O)C(C)(C)C. The largest absolute Gasteiger partial charge is 0.466 e. The van der Waals surface area contributed by atoms with Gasteiger partial charge in [0.25, 0.3) is 0 Å². The normalized spacial score (nSPS) is 16.5. The first-order valence-corrected chi connectivity index (χ1v) is 4.58. The standard InChI is InChI=1S/C10H20O3/c1-6-13-8(11)7-10(5,12)9(2,3)4/h12H,6-7H2,1-5H3. The molecule has 0 bridgehead atoms. The van der Waals surface area contributed by atoms with Crippen LogP contribution in [-0.4, -0.2) is 23.3 Å². The lowest BCUT2D eigenvalue weighted by Crippen LogP contribution is -2.42. The smallest absolute Gasteiger partial charge is 0.308 e. The summed E-state index contributed by atoms with van der Waals surface area (Å²) in [6, 6.07) is 0. The van der Waals surface area contributed by atoms with Gasteiger partial charge in [0.05, 0.1) is 18.6 Å². The molecule has 0 spiro atoms. The Hall–Kier alpha value is -0.570. The molecule has 0 rings (SSSR count). The third-order valence-corrected chi connectivity index (χ3v) is 2.41. The summed E-state index contributed by atoms with van der Waals surface area (Å²) in [4.78, 5) is 11.1. The maximum Gasteiger partial charge on any atom is 0.308 e. The van der Waals surface area contributed by atoms with E-state index in [0.717, 1.165) is 0 Å². The Morgan fingerprint density at radius 2 is 1.77 bits per heavy atom. The number of esters is 1. The van der Waals surface area contributed by atoms with E-state index < -0.39 is 5.60 Å². The molecule has 0 fully saturated rings. The monoisotopic (exact) mass is 188 g/mol. The fourth-order valence-electron chi connectivity index (χ4n) is 0.758. The minimum absolute atomic E-state index is 0.0460. The van der Waals surface area contributed by atoms with Gasteiger partial charge in [0.2, 0.25) is 0 Å². The molecule has 0 heterocycles. The fourth-order valence-corrected chi connectivity index (χ4v) is 0.758. The quantitative estimate of drug-likeness (QED) is 0.686. The molecule has 0 aliphatic rings. The molecule has 3 nitrogen and oxygen atoms in total. The first kappa shape index (κ1) is 12.4. The summed E-state index contributed by atoms with van der Waals surface area (Å²) in [5.41, 5.74) is -1.33. The predicted octanol–water partition coefficient (Wildman–Crippen LogP) is 1.74. The van der Waals surface area contributed by atoms with Crippen molar-refractivity contribution in [3.63, 3.8) is 0 Å². The molecule has 0 saturated heterocycles. The van der Waals surface area contributed by atoms with Crippen molar-refractivity contribution >= 4 is 5.97 Å². The summed E-state index contributed by atoms with van der Waals surface area (Å²) in [7, 11) is 0. The molecule has 0 aromatic carbocycles. The maximum atomic E-state index is 11.1. The summed E-state index contributed by atoms with van der Waals surface area (Å²) < 4.78 is 4.77. The van der Waals surface area contributed by atoms with Gasteiger partial charge < -0.3 is 9.84 Å². The Balaban J connectivity index is 4.26. The molecule has 0 aromatic heterocycles. The first-order valence-electron chi connectivity index (χ1n) is 4.58. The van der Waals surface area contributed by atoms with Gasteiger partial charge in [-0.1, -0.05) is 20.8 Å². The fraction of sp³-hybridized carbons (Fsp3) is 0.900. The zero-order valence-electron chi connectivity index (χ0n) is 9.18. The van der Waals surface area contributed by atoms with Gasteiger partial charge in [-0.2, -0.15) is 0 Å². The predicted molar refractivity (Wildman–Crippen MR) is 51.3 cm³/mol. The van der Waals surface area contributed by atoms with Crippen molar-refractivity contribution in [2.45, 2.75) is 46.6 Å². The van der Waals surface area contributed by atoms with Gasteiger partial charge in [0, 0.05) is 0 Å². The van der Waals surface area contributed by atoms with Gasteiger partial charge >= 0.3 is 5.97 Å². The Kier molecular flexibility index (Phi) is 3.91. The van der Waals surface area contributed by atoms with Crippen LogP contribution in [0, 0.1) is 5.41 Å². The van der Waals surface area contributed by atoms with E-state index >= 15 is 0 Å². The highest BCUT2D eigenvalue weighted by Gasteiger charge is 2.37. The summed E-state index contributed by atoms with van der Waals surface area (Å²) >= 11 is 0. The average molecular weight is 188 g/mol. The minimum atomic E-state index is -1.01. The Labute approximate surface area is 80.1 Å². The molecular formula is C10H20O3. The number of hydrogen-bond acceptors (Lipinski definition) is 3. The van der Waals surface area contributed by atoms with Crippen molar-refractivity contribution in [1.29, 1.82) is 0 Å². The molecular weight excluding hydrogens is 168 g/mol. The van der Waals surface area contributed by atoms with Crippen molar-refractivity contribution in [2.75, 3.05) is 6.61 Å². The second-order valence-electron chi connectivity index (χ2n) is 4.51. The zero-order valence-corrected chi connectivity index (χ0v) is 9.18. The van der Waals surface area contributed by atoms with Crippen LogP contribution in [-0.2, 0) is 9.53 Å². The number of aliphatic hydroxyl groups is 1. The van der Waals surface area contributed by atoms with Crippen LogP contribution in [0.4, 0.5) is 0 Å². The highest BCUT2D eigenvalue weighted by atomic mass is 16.5. The average Bonchev–Trinajstić information content (AvgIpc) is 1.83. The van der Waals surface area contributed by atoms with Gasteiger partial charge in [0.15, 0.2) is 0 Å². The molecule has 1 N–H and O–H groups in total. The van der Waals surface area contributed by atoms with E-state index in [9.17, 15) is 9.90 Å². The van der Waals surface area contributed by atoms with Gasteiger partial charge in [0.1, 0.15) is 0 Å². The van der Waals surface area contributed by atoms with E-state index in [1.165, 1.54) is 0 Å². The van der Waals surface area contributed by atoms with Crippen LogP contribution < -0.4 is 0 Å². The van der Waals surface area contributed by atoms with Crippen molar-refractivity contribution in [2.24, 2.45) is 5.41 Å². The van der Waals surface area contributed by atoms with Crippen LogP contribution in [0.5, 0.6) is 0 Å². The van der Waals surface area contributed by atoms with Crippen molar-refractivity contribution in [3.8, 4) is 0 Å². The molecule has 1 atom stereocenters. The van der Waals surface area contributed by atoms with E-state index in [1.807, 2.05) is 20.8 Å². The summed E-state index contributed by atoms with van der Waals surface area (Å²) in [6.45, 7) is 9.46. The van der Waals surface area contributed by atoms with Crippen LogP contribution in [0.15, 0.2) is 0 Å². The Morgan fingerprint density at radius 1 is 1.31 bits per heavy atom. The Morgan fingerprint density at radius 3 is 2.08 bits per heavy atom. The number of hydrogen-bond donors (Lipinski definition) is 1. The van der Waals surface area contributed by atoms with E-state index in [2.05, 4.69) is 0 Å². The molecule has 0 aliphatic carbocycles. The van der Waals surface area contributed by atoms with Crippen molar-refractivity contribution in [1.82, 2.24) is 0 Å². The third kappa shape index (κ3) is 3.77. The lowest BCUT2D eigenvalue weighted by Gasteiger charge is -2.36. The lowest BCUT2D eigenvalue weighted by molar-refractivity contribution is -0.152. The second kappa shape index (κ2) is 4.09. The molecule has 0 saturated carbocycles. The molecule has 0 aliphatic heterocycles.